The van der Waals surface area contributed by atoms with Gasteiger partial charge in [-0.1, -0.05) is 38.5 Å². The van der Waals surface area contributed by atoms with Crippen LogP contribution >= 0.6 is 0 Å². The summed E-state index contributed by atoms with van der Waals surface area (Å²) in [4.78, 5) is 0. The van der Waals surface area contributed by atoms with E-state index in [0.717, 1.165) is 0 Å². The second-order valence-corrected chi connectivity index (χ2v) is 2.12. The normalized spacial score (nSPS) is 20.6. The molecule has 1 heteroatoms. The van der Waals surface area contributed by atoms with E-state index in [2.05, 4.69) is 0 Å². The number of hydrogen-bond acceptors (Lipinski definition) is 0. The summed E-state index contributed by atoms with van der Waals surface area (Å²) in [5.41, 5.74) is 0. The molecule has 0 saturated heterocycles. The smallest absolute Gasteiger partial charge is 0 e. The Balaban J connectivity index is 0.000000360. The summed E-state index contributed by atoms with van der Waals surface area (Å²) in [5.74, 6) is 0. The fraction of sp³-hybridized carbons (Fsp3) is 1.00. The first-order valence-corrected chi connectivity index (χ1v) is 3.00. The van der Waals surface area contributed by atoms with E-state index >= 15 is 0 Å². The van der Waals surface area contributed by atoms with Crippen LogP contribution in [-0.2, 0) is 0 Å². The Kier molecular flexibility index (Phi) is 6.24. The van der Waals surface area contributed by atoms with Gasteiger partial charge in [0.1, 0.15) is 0 Å². The van der Waals surface area contributed by atoms with Gasteiger partial charge in [0.05, 0.1) is 0 Å². The van der Waals surface area contributed by atoms with Crippen molar-refractivity contribution >= 4 is 0 Å². The van der Waals surface area contributed by atoms with Crippen molar-refractivity contribution in [2.45, 2.75) is 38.5 Å². The Bertz CT molecular complexity index is 19.7. The molecule has 0 amide bonds. The van der Waals surface area contributed by atoms with Crippen molar-refractivity contribution in [2.75, 3.05) is 0 Å². The predicted molar refractivity (Wildman–Crippen MR) is 27.7 cm³/mol. The minimum Gasteiger partial charge on any atom is -0.0533 e. The Labute approximate surface area is 73.7 Å². The maximum Gasteiger partial charge on any atom is 0 e. The van der Waals surface area contributed by atoms with Crippen molar-refractivity contribution < 1.29 is 35.6 Å². The Morgan fingerprint density at radius 3 is 0.714 bits per heavy atom. The second kappa shape index (κ2) is 5.33. The first-order valence-electron chi connectivity index (χ1n) is 3.00. The van der Waals surface area contributed by atoms with E-state index in [0.29, 0.717) is 0 Å². The third-order valence-corrected chi connectivity index (χ3v) is 1.50. The van der Waals surface area contributed by atoms with Crippen LogP contribution in [0.2, 0.25) is 0 Å². The Morgan fingerprint density at radius 1 is 0.429 bits per heavy atom. The van der Waals surface area contributed by atoms with Crippen LogP contribution in [0.25, 0.3) is 0 Å². The summed E-state index contributed by atoms with van der Waals surface area (Å²) in [6.45, 7) is 0. The molecule has 0 bridgehead atoms. The van der Waals surface area contributed by atoms with Crippen LogP contribution < -0.4 is 0 Å². The molecule has 0 N–H and O–H groups in total. The van der Waals surface area contributed by atoms with E-state index in [9.17, 15) is 0 Å². The van der Waals surface area contributed by atoms with Gasteiger partial charge in [-0.3, -0.25) is 0 Å². The average Bonchev–Trinajstić information content (AvgIpc) is 1.72. The minimum absolute atomic E-state index is 0. The third kappa shape index (κ3) is 3.75. The molecule has 0 unspecified atom stereocenters. The van der Waals surface area contributed by atoms with Gasteiger partial charge >= 0.3 is 0 Å². The van der Waals surface area contributed by atoms with Crippen molar-refractivity contribution in [3.63, 3.8) is 0 Å². The van der Waals surface area contributed by atoms with Gasteiger partial charge in [-0.2, -0.15) is 0 Å². The number of hydrogen-bond donors (Lipinski definition) is 0. The van der Waals surface area contributed by atoms with Gasteiger partial charge in [-0.05, 0) is 0 Å². The monoisotopic (exact) mass is 223 g/mol. The van der Waals surface area contributed by atoms with E-state index in [1.807, 2.05) is 0 Å². The van der Waals surface area contributed by atoms with Crippen molar-refractivity contribution in [3.8, 4) is 0 Å². The zero-order chi connectivity index (χ0) is 4.24. The Hall–Kier alpha value is 1.19. The molecule has 0 aromatic heterocycles. The van der Waals surface area contributed by atoms with Crippen LogP contribution in [0.15, 0.2) is 0 Å². The van der Waals surface area contributed by atoms with Gasteiger partial charge < -0.3 is 0 Å². The van der Waals surface area contributed by atoms with Crippen molar-refractivity contribution in [1.29, 1.82) is 0 Å². The molecule has 7 heavy (non-hydrogen) atoms. The van der Waals surface area contributed by atoms with Crippen LogP contribution in [0.3, 0.4) is 0 Å². The molecule has 0 aromatic carbocycles. The fourth-order valence-electron chi connectivity index (χ4n) is 1.06. The quantitative estimate of drug-likeness (QED) is 0.591. The van der Waals surface area contributed by atoms with Crippen molar-refractivity contribution in [3.05, 3.63) is 0 Å². The van der Waals surface area contributed by atoms with E-state index in [1.54, 1.807) is 0 Å². The summed E-state index contributed by atoms with van der Waals surface area (Å²) in [6, 6.07) is 0. The average molecular weight is 223 g/mol. The van der Waals surface area contributed by atoms with Gasteiger partial charge in [-0.15, -0.1) is 0 Å². The first-order chi connectivity index (χ1) is 3.00. The minimum atomic E-state index is 0. The molecule has 1 fully saturated rings. The molecule has 0 atom stereocenters. The van der Waals surface area contributed by atoms with Gasteiger partial charge in [0.25, 0.3) is 0 Å². The van der Waals surface area contributed by atoms with E-state index in [1.165, 1.54) is 38.5 Å². The maximum absolute atomic E-state index is 1.50. The molecule has 1 aliphatic carbocycles. The zero-order valence-corrected chi connectivity index (χ0v) is 8.45. The van der Waals surface area contributed by atoms with E-state index in [-0.39, 0.29) is 35.6 Å². The van der Waals surface area contributed by atoms with Crippen molar-refractivity contribution in [1.82, 2.24) is 0 Å². The molecule has 0 aromatic rings. The third-order valence-electron chi connectivity index (χ3n) is 1.50. The van der Waals surface area contributed by atoms with Gasteiger partial charge in [0.15, 0.2) is 0 Å². The second-order valence-electron chi connectivity index (χ2n) is 2.12. The molecule has 1 radical (unpaired) electrons. The largest absolute Gasteiger partial charge is 0.0533 e. The van der Waals surface area contributed by atoms with Gasteiger partial charge in [0, 0.05) is 35.6 Å². The summed E-state index contributed by atoms with van der Waals surface area (Å²) >= 11 is 0. The predicted octanol–water partition coefficient (Wildman–Crippen LogP) is 2.34. The summed E-state index contributed by atoms with van der Waals surface area (Å²) < 4.78 is 0. The summed E-state index contributed by atoms with van der Waals surface area (Å²) in [6.07, 6.45) is 9.00. The van der Waals surface area contributed by atoms with Crippen LogP contribution in [-0.4, -0.2) is 0 Å². The molecule has 39 valence electrons. The van der Waals surface area contributed by atoms with Crippen LogP contribution in [0, 0.1) is 35.6 Å². The van der Waals surface area contributed by atoms with E-state index < -0.39 is 0 Å². The maximum atomic E-state index is 1.50. The standard InChI is InChI=1S/C6H12.La/c1-2-4-6-5-3-1;/h1-6H2;. The summed E-state index contributed by atoms with van der Waals surface area (Å²) in [5, 5.41) is 0. The molecular formula is C6H12La. The van der Waals surface area contributed by atoms with Crippen LogP contribution in [0.1, 0.15) is 38.5 Å². The molecule has 0 aliphatic heterocycles. The van der Waals surface area contributed by atoms with E-state index in [4.69, 9.17) is 0 Å². The SMILES string of the molecule is C1CCCCC1.[La]. The molecule has 0 heterocycles. The van der Waals surface area contributed by atoms with Gasteiger partial charge in [-0.25, -0.2) is 0 Å². The van der Waals surface area contributed by atoms with Crippen LogP contribution in [0.4, 0.5) is 0 Å². The number of rotatable bonds is 0. The topological polar surface area (TPSA) is 0 Å². The molecule has 1 aliphatic rings. The molecule has 0 spiro atoms. The molecule has 1 rings (SSSR count). The molecular weight excluding hydrogens is 211 g/mol. The molecule has 1 saturated carbocycles. The summed E-state index contributed by atoms with van der Waals surface area (Å²) in [7, 11) is 0. The first kappa shape index (κ1) is 8.19. The van der Waals surface area contributed by atoms with Crippen molar-refractivity contribution in [2.24, 2.45) is 0 Å². The Morgan fingerprint density at radius 2 is 0.571 bits per heavy atom. The molecule has 0 nitrogen and oxygen atoms in total. The van der Waals surface area contributed by atoms with Gasteiger partial charge in [0.2, 0.25) is 0 Å². The fourth-order valence-corrected chi connectivity index (χ4v) is 1.06. The van der Waals surface area contributed by atoms with Crippen LogP contribution in [0.5, 0.6) is 0 Å². The zero-order valence-electron chi connectivity index (χ0n) is 4.82.